The molecule has 0 spiro atoms. The van der Waals surface area contributed by atoms with E-state index in [0.717, 1.165) is 31.0 Å². The molecule has 3 atom stereocenters. The van der Waals surface area contributed by atoms with E-state index >= 15 is 0 Å². The van der Waals surface area contributed by atoms with E-state index in [2.05, 4.69) is 48.2 Å². The lowest BCUT2D eigenvalue weighted by Crippen LogP contribution is -2.44. The fourth-order valence-corrected chi connectivity index (χ4v) is 4.69. The van der Waals surface area contributed by atoms with Crippen molar-refractivity contribution < 1.29 is 19.0 Å². The second-order valence-electron chi connectivity index (χ2n) is 8.92. The van der Waals surface area contributed by atoms with E-state index in [-0.39, 0.29) is 18.2 Å². The van der Waals surface area contributed by atoms with Crippen LogP contribution in [-0.2, 0) is 20.8 Å². The van der Waals surface area contributed by atoms with Gasteiger partial charge < -0.3 is 14.2 Å². The van der Waals surface area contributed by atoms with Crippen molar-refractivity contribution in [3.63, 3.8) is 0 Å². The van der Waals surface area contributed by atoms with Crippen molar-refractivity contribution in [3.05, 3.63) is 94.8 Å². The van der Waals surface area contributed by atoms with Gasteiger partial charge in [0.1, 0.15) is 18.0 Å². The van der Waals surface area contributed by atoms with Crippen LogP contribution in [0, 0.1) is 5.92 Å². The van der Waals surface area contributed by atoms with E-state index < -0.39 is 0 Å². The Morgan fingerprint density at radius 3 is 2.50 bits per heavy atom. The highest BCUT2D eigenvalue weighted by atomic mass is 16.6. The highest BCUT2D eigenvalue weighted by Gasteiger charge is 2.33. The maximum absolute atomic E-state index is 11.6. The summed E-state index contributed by atoms with van der Waals surface area (Å²) < 4.78 is 17.1. The average Bonchev–Trinajstić information content (AvgIpc) is 2.81. The summed E-state index contributed by atoms with van der Waals surface area (Å²) in [5.74, 6) is 1.51. The van der Waals surface area contributed by atoms with Gasteiger partial charge in [0.2, 0.25) is 0 Å². The Morgan fingerprint density at radius 1 is 1.06 bits per heavy atom. The van der Waals surface area contributed by atoms with Gasteiger partial charge in [-0.2, -0.15) is 0 Å². The number of likely N-dealkylation sites (tertiary alicyclic amines) is 1. The van der Waals surface area contributed by atoms with Crippen LogP contribution in [0.2, 0.25) is 0 Å². The molecule has 3 aliphatic rings. The molecule has 2 saturated heterocycles. The molecule has 0 saturated carbocycles. The summed E-state index contributed by atoms with van der Waals surface area (Å²) in [5.41, 5.74) is 4.33. The number of carbonyl (C=O) groups excluding carboxylic acids is 1. The first-order chi connectivity index (χ1) is 15.6. The number of benzene rings is 2. The van der Waals surface area contributed by atoms with Crippen molar-refractivity contribution in [2.75, 3.05) is 26.8 Å². The minimum absolute atomic E-state index is 0.0477. The minimum Gasteiger partial charge on any atom is -0.485 e. The molecule has 2 unspecified atom stereocenters. The lowest BCUT2D eigenvalue weighted by molar-refractivity contribution is -0.102. The van der Waals surface area contributed by atoms with E-state index in [1.165, 1.54) is 18.2 Å². The zero-order chi connectivity index (χ0) is 22.1. The molecule has 5 nitrogen and oxygen atoms in total. The van der Waals surface area contributed by atoms with Gasteiger partial charge in [0.05, 0.1) is 19.3 Å². The van der Waals surface area contributed by atoms with Crippen molar-refractivity contribution in [3.8, 4) is 0 Å². The van der Waals surface area contributed by atoms with E-state index in [9.17, 15) is 4.79 Å². The van der Waals surface area contributed by atoms with Crippen LogP contribution in [-0.4, -0.2) is 43.8 Å². The molecule has 0 N–H and O–H groups in total. The predicted molar refractivity (Wildman–Crippen MR) is 122 cm³/mol. The summed E-state index contributed by atoms with van der Waals surface area (Å²) in [6.07, 6.45) is 6.23. The Morgan fingerprint density at radius 2 is 1.78 bits per heavy atom. The van der Waals surface area contributed by atoms with Gasteiger partial charge in [-0.25, -0.2) is 4.79 Å². The normalized spacial score (nSPS) is 25.3. The van der Waals surface area contributed by atoms with Crippen LogP contribution in [0.1, 0.15) is 46.0 Å². The van der Waals surface area contributed by atoms with Gasteiger partial charge in [-0.3, -0.25) is 4.90 Å². The molecular weight excluding hydrogens is 402 g/mol. The van der Waals surface area contributed by atoms with Crippen LogP contribution in [0.3, 0.4) is 0 Å². The van der Waals surface area contributed by atoms with Gasteiger partial charge in [-0.05, 0) is 34.9 Å². The predicted octanol–water partition coefficient (Wildman–Crippen LogP) is 4.62. The Labute approximate surface area is 189 Å². The lowest BCUT2D eigenvalue weighted by atomic mass is 9.90. The Balaban J connectivity index is 1.13. The molecule has 2 aliphatic heterocycles. The molecule has 0 amide bonds. The van der Waals surface area contributed by atoms with Gasteiger partial charge in [0.25, 0.3) is 0 Å². The topological polar surface area (TPSA) is 48.0 Å². The number of esters is 1. The molecule has 0 aromatic heterocycles. The van der Waals surface area contributed by atoms with E-state index in [4.69, 9.17) is 14.2 Å². The molecule has 2 aromatic rings. The quantitative estimate of drug-likeness (QED) is 0.647. The third-order valence-electron chi connectivity index (χ3n) is 6.66. The number of rotatable bonds is 5. The Bertz CT molecular complexity index is 1020. The second-order valence-corrected chi connectivity index (χ2v) is 8.92. The maximum Gasteiger partial charge on any atom is 0.337 e. The van der Waals surface area contributed by atoms with E-state index in [1.807, 2.05) is 30.3 Å². The van der Waals surface area contributed by atoms with Crippen LogP contribution in [0.4, 0.5) is 0 Å². The average molecular weight is 432 g/mol. The largest absolute Gasteiger partial charge is 0.485 e. The lowest BCUT2D eigenvalue weighted by Gasteiger charge is -2.40. The third kappa shape index (κ3) is 4.23. The van der Waals surface area contributed by atoms with Crippen molar-refractivity contribution in [2.24, 2.45) is 5.92 Å². The number of fused-ring (bicyclic) bond motifs is 1. The number of carbonyl (C=O) groups is 1. The molecule has 2 fully saturated rings. The second kappa shape index (κ2) is 8.93. The molecule has 0 radical (unpaired) electrons. The van der Waals surface area contributed by atoms with Crippen LogP contribution in [0.15, 0.2) is 72.5 Å². The Hall–Kier alpha value is -2.89. The molecule has 32 heavy (non-hydrogen) atoms. The number of methoxy groups -OCH3 is 1. The fourth-order valence-electron chi connectivity index (χ4n) is 4.69. The van der Waals surface area contributed by atoms with E-state index in [0.29, 0.717) is 24.0 Å². The Kier molecular flexibility index (Phi) is 5.85. The molecule has 2 aromatic carbocycles. The molecule has 5 rings (SSSR count). The minimum atomic E-state index is -0.290. The number of hydrogen-bond acceptors (Lipinski definition) is 5. The summed E-state index contributed by atoms with van der Waals surface area (Å²) in [6.45, 7) is 5.74. The number of hydrogen-bond donors (Lipinski definition) is 0. The molecule has 2 heterocycles. The van der Waals surface area contributed by atoms with Gasteiger partial charge in [-0.15, -0.1) is 0 Å². The van der Waals surface area contributed by atoms with Crippen molar-refractivity contribution >= 4 is 5.97 Å². The van der Waals surface area contributed by atoms with Crippen LogP contribution < -0.4 is 0 Å². The van der Waals surface area contributed by atoms with Crippen LogP contribution in [0.25, 0.3) is 0 Å². The summed E-state index contributed by atoms with van der Waals surface area (Å²) in [4.78, 5) is 14.0. The highest BCUT2D eigenvalue weighted by Crippen LogP contribution is 2.35. The van der Waals surface area contributed by atoms with Gasteiger partial charge >= 0.3 is 5.97 Å². The van der Waals surface area contributed by atoms with Gasteiger partial charge in [0, 0.05) is 31.5 Å². The van der Waals surface area contributed by atoms with Gasteiger partial charge in [-0.1, -0.05) is 55.5 Å². The van der Waals surface area contributed by atoms with Crippen molar-refractivity contribution in [2.45, 2.75) is 31.6 Å². The van der Waals surface area contributed by atoms with Gasteiger partial charge in [0.15, 0.2) is 0 Å². The van der Waals surface area contributed by atoms with Crippen LogP contribution in [0.5, 0.6) is 0 Å². The zero-order valence-corrected chi connectivity index (χ0v) is 18.6. The van der Waals surface area contributed by atoms with Crippen molar-refractivity contribution in [1.29, 1.82) is 0 Å². The molecule has 0 bridgehead atoms. The highest BCUT2D eigenvalue weighted by molar-refractivity contribution is 5.89. The SMILES string of the molecule is COC(=O)c1ccc(C2CN(Cc3ccc([C@H]4COC5C(=CC=CC5C)O4)cc3)C2)cc1. The standard InChI is InChI=1S/C27H29NO4/c1-18-4-3-5-24-26(18)31-17-25(32-24)21-8-6-19(7-9-21)14-28-15-23(16-28)20-10-12-22(13-11-20)27(29)30-2/h3-13,18,23,25-26H,14-17H2,1-2H3/t18?,25-,26?/m1/s1. The zero-order valence-electron chi connectivity index (χ0n) is 18.6. The van der Waals surface area contributed by atoms with E-state index in [1.54, 1.807) is 0 Å². The first-order valence-corrected chi connectivity index (χ1v) is 11.3. The maximum atomic E-state index is 11.6. The van der Waals surface area contributed by atoms with Crippen molar-refractivity contribution in [1.82, 2.24) is 4.90 Å². The summed E-state index contributed by atoms with van der Waals surface area (Å²) in [6, 6.07) is 16.5. The molecular formula is C27H29NO4. The number of allylic oxidation sites excluding steroid dienone is 2. The molecule has 1 aliphatic carbocycles. The summed E-state index contributed by atoms with van der Waals surface area (Å²) >= 11 is 0. The monoisotopic (exact) mass is 431 g/mol. The molecule has 166 valence electrons. The smallest absolute Gasteiger partial charge is 0.337 e. The summed E-state index contributed by atoms with van der Waals surface area (Å²) in [7, 11) is 1.41. The number of nitrogens with zero attached hydrogens (tertiary/aromatic N) is 1. The fraction of sp³-hybridized carbons (Fsp3) is 0.370. The summed E-state index contributed by atoms with van der Waals surface area (Å²) in [5, 5.41) is 0. The number of ether oxygens (including phenoxy) is 3. The van der Waals surface area contributed by atoms with Crippen LogP contribution >= 0.6 is 0 Å². The first-order valence-electron chi connectivity index (χ1n) is 11.3. The molecule has 5 heteroatoms. The first kappa shape index (κ1) is 21.0. The third-order valence-corrected chi connectivity index (χ3v) is 6.66.